The summed E-state index contributed by atoms with van der Waals surface area (Å²) in [6.07, 6.45) is 1.69. The van der Waals surface area contributed by atoms with Crippen molar-refractivity contribution in [3.05, 3.63) is 52.5 Å². The molecule has 0 amide bonds. The van der Waals surface area contributed by atoms with E-state index in [0.717, 1.165) is 24.1 Å². The van der Waals surface area contributed by atoms with Crippen LogP contribution in [-0.4, -0.2) is 21.6 Å². The molecule has 0 unspecified atom stereocenters. The molecule has 4 nitrogen and oxygen atoms in total. The summed E-state index contributed by atoms with van der Waals surface area (Å²) >= 11 is 3.35. The Labute approximate surface area is 145 Å². The third-order valence-electron chi connectivity index (χ3n) is 4.12. The number of halogens is 1. The summed E-state index contributed by atoms with van der Waals surface area (Å²) in [7, 11) is -2.23. The van der Waals surface area contributed by atoms with Crippen molar-refractivity contribution in [2.45, 2.75) is 30.7 Å². The van der Waals surface area contributed by atoms with E-state index < -0.39 is 10.0 Å². The molecule has 122 valence electrons. The molecule has 1 aliphatic rings. The average molecular weight is 396 g/mol. The molecule has 3 rings (SSSR count). The number of anilines is 1. The summed E-state index contributed by atoms with van der Waals surface area (Å²) in [4.78, 5) is 0.179. The molecule has 0 radical (unpaired) electrons. The smallest absolute Gasteiger partial charge is 0.268 e. The minimum absolute atomic E-state index is 0.0985. The molecule has 2 aromatic carbocycles. The summed E-state index contributed by atoms with van der Waals surface area (Å²) in [5.74, 6) is 0.350. The fourth-order valence-corrected chi connectivity index (χ4v) is 5.40. The first kappa shape index (κ1) is 16.3. The maximum atomic E-state index is 13.3. The molecule has 0 N–H and O–H groups in total. The van der Waals surface area contributed by atoms with E-state index in [1.165, 1.54) is 11.4 Å². The number of ether oxygens (including phenoxy) is 1. The molecular formula is C17H18BrNO3S. The van der Waals surface area contributed by atoms with Gasteiger partial charge in [0.15, 0.2) is 0 Å². The number of hydrogen-bond donors (Lipinski definition) is 0. The second-order valence-electron chi connectivity index (χ2n) is 5.61. The van der Waals surface area contributed by atoms with Crippen molar-refractivity contribution in [2.24, 2.45) is 0 Å². The lowest BCUT2D eigenvalue weighted by molar-refractivity contribution is 0.402. The molecular weight excluding hydrogens is 378 g/mol. The zero-order valence-corrected chi connectivity index (χ0v) is 15.4. The second kappa shape index (κ2) is 6.17. The molecule has 0 saturated carbocycles. The van der Waals surface area contributed by atoms with Crippen LogP contribution in [0.3, 0.4) is 0 Å². The van der Waals surface area contributed by atoms with Gasteiger partial charge in [0, 0.05) is 10.5 Å². The van der Waals surface area contributed by atoms with Crippen LogP contribution in [0.4, 0.5) is 5.69 Å². The number of sulfonamides is 1. The van der Waals surface area contributed by atoms with Crippen LogP contribution in [0, 0.1) is 0 Å². The highest BCUT2D eigenvalue weighted by molar-refractivity contribution is 9.10. The first-order chi connectivity index (χ1) is 10.9. The van der Waals surface area contributed by atoms with Crippen molar-refractivity contribution in [2.75, 3.05) is 11.4 Å². The quantitative estimate of drug-likeness (QED) is 0.788. The normalized spacial score (nSPS) is 17.7. The van der Waals surface area contributed by atoms with Crippen molar-refractivity contribution in [1.29, 1.82) is 0 Å². The molecule has 0 fully saturated rings. The topological polar surface area (TPSA) is 46.6 Å². The summed E-state index contributed by atoms with van der Waals surface area (Å²) in [6, 6.07) is 12.6. The highest BCUT2D eigenvalue weighted by Crippen LogP contribution is 2.38. The maximum Gasteiger partial charge on any atom is 0.268 e. The molecule has 1 aliphatic heterocycles. The number of hydrogen-bond acceptors (Lipinski definition) is 3. The minimum atomic E-state index is -3.71. The van der Waals surface area contributed by atoms with E-state index in [4.69, 9.17) is 4.74 Å². The van der Waals surface area contributed by atoms with Gasteiger partial charge in [-0.2, -0.15) is 0 Å². The van der Waals surface area contributed by atoms with Crippen LogP contribution < -0.4 is 9.04 Å². The molecule has 0 bridgehead atoms. The number of fused-ring (bicyclic) bond motifs is 1. The van der Waals surface area contributed by atoms with Crippen LogP contribution in [0.25, 0.3) is 0 Å². The van der Waals surface area contributed by atoms with Crippen LogP contribution >= 0.6 is 15.9 Å². The Hall–Kier alpha value is -1.53. The van der Waals surface area contributed by atoms with E-state index in [2.05, 4.69) is 15.9 Å². The summed E-state index contributed by atoms with van der Waals surface area (Å²) in [5, 5.41) is 0. The van der Waals surface area contributed by atoms with Crippen molar-refractivity contribution in [3.8, 4) is 5.75 Å². The largest absolute Gasteiger partial charge is 0.495 e. The zero-order valence-electron chi connectivity index (χ0n) is 13.0. The molecule has 0 aromatic heterocycles. The van der Waals surface area contributed by atoms with Crippen LogP contribution in [0.5, 0.6) is 5.75 Å². The van der Waals surface area contributed by atoms with E-state index in [9.17, 15) is 8.42 Å². The number of benzene rings is 2. The first-order valence-corrected chi connectivity index (χ1v) is 9.64. The Morgan fingerprint density at radius 1 is 1.22 bits per heavy atom. The Morgan fingerprint density at radius 3 is 2.70 bits per heavy atom. The minimum Gasteiger partial charge on any atom is -0.495 e. The SMILES string of the molecule is COc1ccc(Br)cc1S(=O)(=O)N1c2ccccc2CC[C@H]1C. The van der Waals surface area contributed by atoms with Gasteiger partial charge in [-0.05, 0) is 49.6 Å². The molecule has 23 heavy (non-hydrogen) atoms. The zero-order chi connectivity index (χ0) is 16.6. The standard InChI is InChI=1S/C17H18BrNO3S/c1-12-7-8-13-5-3-4-6-15(13)19(12)23(20,21)17-11-14(18)9-10-16(17)22-2/h3-6,9-12H,7-8H2,1-2H3/t12-/m1/s1. The van der Waals surface area contributed by atoms with E-state index in [1.807, 2.05) is 31.2 Å². The molecule has 2 aromatic rings. The van der Waals surface area contributed by atoms with E-state index in [0.29, 0.717) is 10.2 Å². The van der Waals surface area contributed by atoms with Crippen LogP contribution in [0.2, 0.25) is 0 Å². The highest BCUT2D eigenvalue weighted by Gasteiger charge is 2.35. The van der Waals surface area contributed by atoms with E-state index in [1.54, 1.807) is 18.2 Å². The summed E-state index contributed by atoms with van der Waals surface area (Å²) in [6.45, 7) is 1.94. The lowest BCUT2D eigenvalue weighted by Gasteiger charge is -2.36. The third-order valence-corrected chi connectivity index (χ3v) is 6.57. The van der Waals surface area contributed by atoms with E-state index >= 15 is 0 Å². The van der Waals surface area contributed by atoms with Gasteiger partial charge in [0.05, 0.1) is 12.8 Å². The third kappa shape index (κ3) is 2.85. The fourth-order valence-electron chi connectivity index (χ4n) is 2.98. The summed E-state index contributed by atoms with van der Waals surface area (Å²) < 4.78 is 34.1. The van der Waals surface area contributed by atoms with Crippen molar-refractivity contribution < 1.29 is 13.2 Å². The predicted octanol–water partition coefficient (Wildman–Crippen LogP) is 3.99. The Bertz CT molecular complexity index is 835. The molecule has 0 spiro atoms. The van der Waals surface area contributed by atoms with Gasteiger partial charge >= 0.3 is 0 Å². The van der Waals surface area contributed by atoms with Gasteiger partial charge in [-0.3, -0.25) is 4.31 Å². The van der Waals surface area contributed by atoms with Gasteiger partial charge in [0.2, 0.25) is 0 Å². The van der Waals surface area contributed by atoms with Gasteiger partial charge in [-0.15, -0.1) is 0 Å². The first-order valence-electron chi connectivity index (χ1n) is 7.41. The number of nitrogens with zero attached hydrogens (tertiary/aromatic N) is 1. The van der Waals surface area contributed by atoms with E-state index in [-0.39, 0.29) is 10.9 Å². The highest BCUT2D eigenvalue weighted by atomic mass is 79.9. The second-order valence-corrected chi connectivity index (χ2v) is 8.31. The van der Waals surface area contributed by atoms with Gasteiger partial charge in [-0.25, -0.2) is 8.42 Å². The van der Waals surface area contributed by atoms with Crippen molar-refractivity contribution in [1.82, 2.24) is 0 Å². The molecule has 6 heteroatoms. The number of aryl methyl sites for hydroxylation is 1. The predicted molar refractivity (Wildman–Crippen MR) is 94.6 cm³/mol. The van der Waals surface area contributed by atoms with Crippen molar-refractivity contribution in [3.63, 3.8) is 0 Å². The summed E-state index contributed by atoms with van der Waals surface area (Å²) in [5.41, 5.74) is 1.82. The lowest BCUT2D eigenvalue weighted by Crippen LogP contribution is -2.42. The van der Waals surface area contributed by atoms with Crippen LogP contribution in [-0.2, 0) is 16.4 Å². The van der Waals surface area contributed by atoms with Gasteiger partial charge in [0.1, 0.15) is 10.6 Å². The Morgan fingerprint density at radius 2 is 1.96 bits per heavy atom. The number of rotatable bonds is 3. The Kier molecular flexibility index (Phi) is 4.38. The van der Waals surface area contributed by atoms with Gasteiger partial charge < -0.3 is 4.74 Å². The van der Waals surface area contributed by atoms with Gasteiger partial charge in [0.25, 0.3) is 10.0 Å². The lowest BCUT2D eigenvalue weighted by atomic mass is 9.99. The van der Waals surface area contributed by atoms with Crippen molar-refractivity contribution >= 4 is 31.6 Å². The molecule has 1 atom stereocenters. The molecule has 0 aliphatic carbocycles. The number of para-hydroxylation sites is 1. The molecule has 1 heterocycles. The number of methoxy groups -OCH3 is 1. The fraction of sp³-hybridized carbons (Fsp3) is 0.294. The molecule has 0 saturated heterocycles. The Balaban J connectivity index is 2.19. The monoisotopic (exact) mass is 395 g/mol. The maximum absolute atomic E-state index is 13.3. The van der Waals surface area contributed by atoms with Crippen LogP contribution in [0.1, 0.15) is 18.9 Å². The van der Waals surface area contributed by atoms with Gasteiger partial charge in [-0.1, -0.05) is 34.1 Å². The average Bonchev–Trinajstić information content (AvgIpc) is 2.54. The van der Waals surface area contributed by atoms with Crippen LogP contribution in [0.15, 0.2) is 51.8 Å².